The molecule has 4 heteroatoms. The highest BCUT2D eigenvalue weighted by atomic mass is 127. The zero-order valence-corrected chi connectivity index (χ0v) is 15.2. The summed E-state index contributed by atoms with van der Waals surface area (Å²) in [4.78, 5) is 14.0. The molecule has 0 aliphatic carbocycles. The van der Waals surface area contributed by atoms with Crippen LogP contribution < -0.4 is 0 Å². The second-order valence-electron chi connectivity index (χ2n) is 5.62. The lowest BCUT2D eigenvalue weighted by Gasteiger charge is -2.08. The number of pyridine rings is 1. The lowest BCUT2D eigenvalue weighted by atomic mass is 10.1. The average molecular weight is 423 g/mol. The second kappa shape index (κ2) is 6.28. The Balaban J connectivity index is 1.84. The summed E-state index contributed by atoms with van der Waals surface area (Å²) in [5.74, 6) is 0.654. The molecule has 2 heterocycles. The number of aromatic nitrogens is 3. The zero-order chi connectivity index (χ0) is 16.5. The summed E-state index contributed by atoms with van der Waals surface area (Å²) >= 11 is 2.29. The van der Waals surface area contributed by atoms with E-state index >= 15 is 0 Å². The van der Waals surface area contributed by atoms with Crippen molar-refractivity contribution < 1.29 is 0 Å². The molecule has 0 fully saturated rings. The van der Waals surface area contributed by atoms with Gasteiger partial charge in [0, 0.05) is 20.7 Å². The molecule has 4 aromatic rings. The first kappa shape index (κ1) is 15.2. The average Bonchev–Trinajstić information content (AvgIpc) is 2.62. The number of halogens is 1. The van der Waals surface area contributed by atoms with Gasteiger partial charge in [-0.2, -0.15) is 0 Å². The number of benzene rings is 2. The van der Waals surface area contributed by atoms with Gasteiger partial charge < -0.3 is 0 Å². The largest absolute Gasteiger partial charge is 0.244 e. The number of hydrogen-bond acceptors (Lipinski definition) is 3. The van der Waals surface area contributed by atoms with Crippen LogP contribution in [0.4, 0.5) is 0 Å². The maximum Gasteiger partial charge on any atom is 0.178 e. The van der Waals surface area contributed by atoms with Gasteiger partial charge in [0.1, 0.15) is 5.69 Å². The molecular formula is C20H14IN3. The van der Waals surface area contributed by atoms with Crippen molar-refractivity contribution in [3.8, 4) is 22.8 Å². The van der Waals surface area contributed by atoms with Crippen molar-refractivity contribution in [2.24, 2.45) is 0 Å². The Hall–Kier alpha value is -2.34. The van der Waals surface area contributed by atoms with Crippen LogP contribution in [-0.4, -0.2) is 15.0 Å². The Kier molecular flexibility index (Phi) is 3.98. The molecule has 0 spiro atoms. The minimum atomic E-state index is 0.654. The monoisotopic (exact) mass is 423 g/mol. The van der Waals surface area contributed by atoms with Crippen LogP contribution in [0.15, 0.2) is 66.9 Å². The van der Waals surface area contributed by atoms with Crippen molar-refractivity contribution in [1.29, 1.82) is 0 Å². The number of hydrogen-bond donors (Lipinski definition) is 0. The van der Waals surface area contributed by atoms with Gasteiger partial charge in [0.05, 0.1) is 11.2 Å². The minimum Gasteiger partial charge on any atom is -0.244 e. The molecule has 0 aliphatic rings. The van der Waals surface area contributed by atoms with E-state index in [2.05, 4.69) is 69.8 Å². The first-order valence-corrected chi connectivity index (χ1v) is 8.74. The molecule has 4 rings (SSSR count). The maximum absolute atomic E-state index is 4.81. The quantitative estimate of drug-likeness (QED) is 0.413. The third kappa shape index (κ3) is 2.89. The lowest BCUT2D eigenvalue weighted by molar-refractivity contribution is 1.17. The number of rotatable bonds is 2. The van der Waals surface area contributed by atoms with Gasteiger partial charge in [-0.05, 0) is 59.3 Å². The topological polar surface area (TPSA) is 38.7 Å². The minimum absolute atomic E-state index is 0.654. The first-order valence-electron chi connectivity index (χ1n) is 7.66. The fourth-order valence-electron chi connectivity index (χ4n) is 2.67. The number of nitrogens with zero attached hydrogens (tertiary/aromatic N) is 3. The van der Waals surface area contributed by atoms with Crippen LogP contribution in [0.5, 0.6) is 0 Å². The standard InChI is InChI=1S/C20H14IN3/c1-13-7-9-18(23-19(13)14-5-3-2-4-6-14)20-22-12-15-11-16(21)8-10-17(15)24-20/h2-12H,1H3. The Morgan fingerprint density at radius 1 is 0.875 bits per heavy atom. The Bertz CT molecular complexity index is 1030. The summed E-state index contributed by atoms with van der Waals surface area (Å²) in [7, 11) is 0. The van der Waals surface area contributed by atoms with E-state index in [1.165, 1.54) is 3.57 Å². The molecule has 0 N–H and O–H groups in total. The first-order chi connectivity index (χ1) is 11.7. The van der Waals surface area contributed by atoms with Crippen molar-refractivity contribution in [2.75, 3.05) is 0 Å². The van der Waals surface area contributed by atoms with Gasteiger partial charge in [0.2, 0.25) is 0 Å². The summed E-state index contributed by atoms with van der Waals surface area (Å²) in [6, 6.07) is 20.4. The van der Waals surface area contributed by atoms with Crippen LogP contribution >= 0.6 is 22.6 Å². The lowest BCUT2D eigenvalue weighted by Crippen LogP contribution is -1.96. The highest BCUT2D eigenvalue weighted by molar-refractivity contribution is 14.1. The molecule has 0 saturated heterocycles. The normalized spacial score (nSPS) is 10.9. The van der Waals surface area contributed by atoms with Crippen molar-refractivity contribution in [3.63, 3.8) is 0 Å². The molecule has 116 valence electrons. The van der Waals surface area contributed by atoms with Gasteiger partial charge in [0.15, 0.2) is 5.82 Å². The number of fused-ring (bicyclic) bond motifs is 1. The fraction of sp³-hybridized carbons (Fsp3) is 0.0500. The van der Waals surface area contributed by atoms with Crippen LogP contribution in [-0.2, 0) is 0 Å². The van der Waals surface area contributed by atoms with E-state index in [0.717, 1.165) is 33.4 Å². The summed E-state index contributed by atoms with van der Waals surface area (Å²) in [6.07, 6.45) is 1.86. The molecule has 0 saturated carbocycles. The Morgan fingerprint density at radius 3 is 2.54 bits per heavy atom. The predicted molar refractivity (Wildman–Crippen MR) is 106 cm³/mol. The molecule has 0 bridgehead atoms. The van der Waals surface area contributed by atoms with E-state index in [1.54, 1.807) is 0 Å². The Morgan fingerprint density at radius 2 is 1.71 bits per heavy atom. The summed E-state index contributed by atoms with van der Waals surface area (Å²) in [5.41, 5.74) is 4.94. The van der Waals surface area contributed by atoms with Gasteiger partial charge in [-0.25, -0.2) is 15.0 Å². The van der Waals surface area contributed by atoms with E-state index < -0.39 is 0 Å². The molecule has 2 aromatic heterocycles. The summed E-state index contributed by atoms with van der Waals surface area (Å²) < 4.78 is 1.18. The number of aryl methyl sites for hydroxylation is 1. The Labute approximate surface area is 154 Å². The molecular weight excluding hydrogens is 409 g/mol. The van der Waals surface area contributed by atoms with Gasteiger partial charge in [-0.15, -0.1) is 0 Å². The van der Waals surface area contributed by atoms with E-state index in [0.29, 0.717) is 5.82 Å². The molecule has 0 radical (unpaired) electrons. The smallest absolute Gasteiger partial charge is 0.178 e. The molecule has 0 atom stereocenters. The molecule has 0 amide bonds. The zero-order valence-electron chi connectivity index (χ0n) is 13.1. The van der Waals surface area contributed by atoms with Crippen molar-refractivity contribution >= 4 is 33.5 Å². The van der Waals surface area contributed by atoms with E-state index in [1.807, 2.05) is 36.5 Å². The highest BCUT2D eigenvalue weighted by Crippen LogP contribution is 2.25. The molecule has 0 aliphatic heterocycles. The van der Waals surface area contributed by atoms with Gasteiger partial charge in [-0.3, -0.25) is 0 Å². The van der Waals surface area contributed by atoms with Crippen LogP contribution in [0.3, 0.4) is 0 Å². The fourth-order valence-corrected chi connectivity index (χ4v) is 3.18. The van der Waals surface area contributed by atoms with Crippen LogP contribution in [0, 0.1) is 10.5 Å². The van der Waals surface area contributed by atoms with Gasteiger partial charge in [0.25, 0.3) is 0 Å². The van der Waals surface area contributed by atoms with Crippen LogP contribution in [0.1, 0.15) is 5.56 Å². The maximum atomic E-state index is 4.81. The van der Waals surface area contributed by atoms with Gasteiger partial charge >= 0.3 is 0 Å². The van der Waals surface area contributed by atoms with E-state index in [4.69, 9.17) is 4.98 Å². The molecule has 2 aromatic carbocycles. The molecule has 3 nitrogen and oxygen atoms in total. The molecule has 24 heavy (non-hydrogen) atoms. The van der Waals surface area contributed by atoms with Crippen LogP contribution in [0.25, 0.3) is 33.7 Å². The third-order valence-electron chi connectivity index (χ3n) is 3.92. The third-order valence-corrected chi connectivity index (χ3v) is 4.59. The summed E-state index contributed by atoms with van der Waals surface area (Å²) in [6.45, 7) is 2.07. The van der Waals surface area contributed by atoms with E-state index in [9.17, 15) is 0 Å². The second-order valence-corrected chi connectivity index (χ2v) is 6.87. The predicted octanol–water partition coefficient (Wildman–Crippen LogP) is 5.27. The highest BCUT2D eigenvalue weighted by Gasteiger charge is 2.09. The van der Waals surface area contributed by atoms with Crippen molar-refractivity contribution in [1.82, 2.24) is 15.0 Å². The summed E-state index contributed by atoms with van der Waals surface area (Å²) in [5, 5.41) is 1.04. The van der Waals surface area contributed by atoms with Crippen molar-refractivity contribution in [3.05, 3.63) is 76.0 Å². The van der Waals surface area contributed by atoms with E-state index in [-0.39, 0.29) is 0 Å². The van der Waals surface area contributed by atoms with Crippen LogP contribution in [0.2, 0.25) is 0 Å². The SMILES string of the molecule is Cc1ccc(-c2ncc3cc(I)ccc3n2)nc1-c1ccccc1. The van der Waals surface area contributed by atoms with Crippen molar-refractivity contribution in [2.45, 2.75) is 6.92 Å². The molecule has 0 unspecified atom stereocenters. The van der Waals surface area contributed by atoms with Gasteiger partial charge in [-0.1, -0.05) is 36.4 Å².